The van der Waals surface area contributed by atoms with Gasteiger partial charge >= 0.3 is 0 Å². The highest BCUT2D eigenvalue weighted by molar-refractivity contribution is 7.80. The van der Waals surface area contributed by atoms with Crippen molar-refractivity contribution >= 4 is 52.0 Å². The minimum Gasteiger partial charge on any atom is -0.487 e. The van der Waals surface area contributed by atoms with Crippen LogP contribution in [0.2, 0.25) is 15.1 Å². The van der Waals surface area contributed by atoms with Crippen molar-refractivity contribution in [2.75, 3.05) is 0 Å². The number of hydrogen-bond donors (Lipinski definition) is 1. The van der Waals surface area contributed by atoms with E-state index in [2.05, 4.69) is 5.32 Å². The van der Waals surface area contributed by atoms with E-state index >= 15 is 0 Å². The zero-order valence-electron chi connectivity index (χ0n) is 14.2. The van der Waals surface area contributed by atoms with E-state index in [1.807, 2.05) is 60.7 Å². The van der Waals surface area contributed by atoms with Crippen molar-refractivity contribution in [3.8, 4) is 5.75 Å². The predicted molar refractivity (Wildman–Crippen MR) is 117 cm³/mol. The van der Waals surface area contributed by atoms with Crippen molar-refractivity contribution < 1.29 is 4.74 Å². The summed E-state index contributed by atoms with van der Waals surface area (Å²) in [6, 6.07) is 20.6. The number of benzene rings is 3. The molecule has 0 saturated heterocycles. The fraction of sp³-hybridized carbons (Fsp3) is 0.0952. The Morgan fingerprint density at radius 1 is 0.815 bits per heavy atom. The zero-order chi connectivity index (χ0) is 19.2. The summed E-state index contributed by atoms with van der Waals surface area (Å²) >= 11 is 23.6. The molecule has 0 aliphatic heterocycles. The van der Waals surface area contributed by atoms with Crippen LogP contribution in [0, 0.1) is 0 Å². The van der Waals surface area contributed by atoms with E-state index in [0.717, 1.165) is 16.7 Å². The molecular weight excluding hydrogens is 421 g/mol. The second-order valence-electron chi connectivity index (χ2n) is 5.87. The highest BCUT2D eigenvalue weighted by Crippen LogP contribution is 2.26. The van der Waals surface area contributed by atoms with E-state index in [-0.39, 0.29) is 0 Å². The van der Waals surface area contributed by atoms with Gasteiger partial charge in [-0.05, 0) is 53.6 Å². The van der Waals surface area contributed by atoms with Gasteiger partial charge in [0.2, 0.25) is 0 Å². The van der Waals surface area contributed by atoms with Crippen LogP contribution < -0.4 is 10.1 Å². The largest absolute Gasteiger partial charge is 0.487 e. The van der Waals surface area contributed by atoms with Crippen LogP contribution in [0.4, 0.5) is 0 Å². The zero-order valence-corrected chi connectivity index (χ0v) is 17.3. The minimum absolute atomic E-state index is 0.412. The fourth-order valence-corrected chi connectivity index (χ4v) is 3.07. The number of halogens is 3. The molecule has 3 aromatic carbocycles. The second-order valence-corrected chi connectivity index (χ2v) is 7.56. The molecule has 0 amide bonds. The molecule has 0 spiro atoms. The maximum atomic E-state index is 6.35. The van der Waals surface area contributed by atoms with E-state index in [0.29, 0.717) is 39.0 Å². The van der Waals surface area contributed by atoms with Gasteiger partial charge in [0.05, 0.1) is 5.02 Å². The first-order valence-corrected chi connectivity index (χ1v) is 9.75. The summed E-state index contributed by atoms with van der Waals surface area (Å²) in [5.41, 5.74) is 2.94. The predicted octanol–water partition coefficient (Wildman–Crippen LogP) is 6.69. The lowest BCUT2D eigenvalue weighted by atomic mass is 10.2. The number of ether oxygens (including phenoxy) is 1. The summed E-state index contributed by atoms with van der Waals surface area (Å²) in [5.74, 6) is 0.607. The Kier molecular flexibility index (Phi) is 6.97. The molecule has 0 unspecified atom stereocenters. The molecule has 1 N–H and O–H groups in total. The third-order valence-electron chi connectivity index (χ3n) is 3.87. The summed E-state index contributed by atoms with van der Waals surface area (Å²) in [4.78, 5) is 0.621. The Hall–Kier alpha value is -1.78. The first-order chi connectivity index (χ1) is 13.0. The normalized spacial score (nSPS) is 10.5. The smallest absolute Gasteiger partial charge is 0.138 e. The molecular formula is C21H16Cl3NOS. The maximum Gasteiger partial charge on any atom is 0.138 e. The van der Waals surface area contributed by atoms with Crippen LogP contribution in [-0.2, 0) is 13.2 Å². The summed E-state index contributed by atoms with van der Waals surface area (Å²) in [6.07, 6.45) is 0. The summed E-state index contributed by atoms with van der Waals surface area (Å²) in [5, 5.41) is 5.14. The van der Waals surface area contributed by atoms with Gasteiger partial charge in [-0.2, -0.15) is 0 Å². The van der Waals surface area contributed by atoms with Crippen LogP contribution in [-0.4, -0.2) is 4.99 Å². The number of hydrogen-bond acceptors (Lipinski definition) is 2. The molecule has 2 nitrogen and oxygen atoms in total. The summed E-state index contributed by atoms with van der Waals surface area (Å²) < 4.78 is 5.79. The first-order valence-electron chi connectivity index (χ1n) is 8.21. The molecule has 0 heterocycles. The lowest BCUT2D eigenvalue weighted by Gasteiger charge is -2.12. The van der Waals surface area contributed by atoms with Gasteiger partial charge in [0, 0.05) is 22.2 Å². The van der Waals surface area contributed by atoms with Crippen LogP contribution in [0.25, 0.3) is 0 Å². The van der Waals surface area contributed by atoms with Gasteiger partial charge in [0.25, 0.3) is 0 Å². The van der Waals surface area contributed by atoms with Crippen molar-refractivity contribution in [3.05, 3.63) is 98.5 Å². The lowest BCUT2D eigenvalue weighted by molar-refractivity contribution is 0.306. The molecule has 0 saturated carbocycles. The van der Waals surface area contributed by atoms with Gasteiger partial charge in [-0.1, -0.05) is 71.3 Å². The molecule has 3 aromatic rings. The number of rotatable bonds is 6. The first kappa shape index (κ1) is 20.0. The quantitative estimate of drug-likeness (QED) is 0.435. The fourth-order valence-electron chi connectivity index (χ4n) is 2.39. The van der Waals surface area contributed by atoms with Crippen molar-refractivity contribution in [2.45, 2.75) is 13.2 Å². The molecule has 0 aliphatic carbocycles. The molecule has 0 radical (unpaired) electrons. The molecule has 0 atom stereocenters. The molecule has 0 bridgehead atoms. The van der Waals surface area contributed by atoms with E-state index in [9.17, 15) is 0 Å². The van der Waals surface area contributed by atoms with Crippen LogP contribution in [0.15, 0.2) is 66.7 Å². The molecule has 3 rings (SSSR count). The average molecular weight is 437 g/mol. The van der Waals surface area contributed by atoms with E-state index in [1.54, 1.807) is 6.07 Å². The van der Waals surface area contributed by atoms with Gasteiger partial charge in [0.1, 0.15) is 17.3 Å². The maximum absolute atomic E-state index is 6.35. The highest BCUT2D eigenvalue weighted by Gasteiger charge is 2.07. The third kappa shape index (κ3) is 5.85. The summed E-state index contributed by atoms with van der Waals surface area (Å²) in [6.45, 7) is 1.03. The Bertz CT molecular complexity index is 927. The lowest BCUT2D eigenvalue weighted by Crippen LogP contribution is -2.21. The van der Waals surface area contributed by atoms with Gasteiger partial charge in [0.15, 0.2) is 0 Å². The SMILES string of the molecule is S=C(NCc1ccc(Cl)cc1)c1ccc(OCc2ccc(Cl)cc2)c(Cl)c1. The number of nitrogens with one attached hydrogen (secondary N) is 1. The van der Waals surface area contributed by atoms with Gasteiger partial charge < -0.3 is 10.1 Å². The van der Waals surface area contributed by atoms with Crippen molar-refractivity contribution in [1.82, 2.24) is 5.32 Å². The Morgan fingerprint density at radius 3 is 2.00 bits per heavy atom. The van der Waals surface area contributed by atoms with Crippen LogP contribution in [0.5, 0.6) is 5.75 Å². The molecule has 6 heteroatoms. The summed E-state index contributed by atoms with van der Waals surface area (Å²) in [7, 11) is 0. The van der Waals surface area contributed by atoms with E-state index < -0.39 is 0 Å². The Balaban J connectivity index is 1.58. The average Bonchev–Trinajstić information content (AvgIpc) is 2.67. The second kappa shape index (κ2) is 9.43. The van der Waals surface area contributed by atoms with Crippen molar-refractivity contribution in [1.29, 1.82) is 0 Å². The van der Waals surface area contributed by atoms with Crippen LogP contribution >= 0.6 is 47.0 Å². The highest BCUT2D eigenvalue weighted by atomic mass is 35.5. The Labute approximate surface area is 179 Å². The van der Waals surface area contributed by atoms with E-state index in [1.165, 1.54) is 0 Å². The van der Waals surface area contributed by atoms with Crippen molar-refractivity contribution in [2.24, 2.45) is 0 Å². The minimum atomic E-state index is 0.412. The molecule has 138 valence electrons. The monoisotopic (exact) mass is 435 g/mol. The standard InChI is InChI=1S/C21H16Cl3NOS/c22-17-6-1-14(2-7-17)12-25-21(27)16-5-10-20(19(24)11-16)26-13-15-3-8-18(23)9-4-15/h1-11H,12-13H2,(H,25,27). The van der Waals surface area contributed by atoms with Gasteiger partial charge in [-0.25, -0.2) is 0 Å². The van der Waals surface area contributed by atoms with Gasteiger partial charge in [-0.15, -0.1) is 0 Å². The third-order valence-corrected chi connectivity index (χ3v) is 5.05. The topological polar surface area (TPSA) is 21.3 Å². The molecule has 0 fully saturated rings. The Morgan fingerprint density at radius 2 is 1.41 bits per heavy atom. The van der Waals surface area contributed by atoms with Crippen LogP contribution in [0.3, 0.4) is 0 Å². The molecule has 27 heavy (non-hydrogen) atoms. The molecule has 0 aromatic heterocycles. The van der Waals surface area contributed by atoms with Gasteiger partial charge in [-0.3, -0.25) is 0 Å². The van der Waals surface area contributed by atoms with E-state index in [4.69, 9.17) is 51.8 Å². The molecule has 0 aliphatic rings. The number of thiocarbonyl (C=S) groups is 1. The van der Waals surface area contributed by atoms with Crippen LogP contribution in [0.1, 0.15) is 16.7 Å². The van der Waals surface area contributed by atoms with Crippen molar-refractivity contribution in [3.63, 3.8) is 0 Å².